The fraction of sp³-hybridized carbons (Fsp3) is 0.609. The molecular formula is C23H32N4O4. The van der Waals surface area contributed by atoms with E-state index in [-0.39, 0.29) is 23.8 Å². The highest BCUT2D eigenvalue weighted by Crippen LogP contribution is 2.32. The third-order valence-corrected chi connectivity index (χ3v) is 6.73. The molecule has 1 aliphatic carbocycles. The fourth-order valence-corrected chi connectivity index (χ4v) is 4.85. The summed E-state index contributed by atoms with van der Waals surface area (Å²) < 4.78 is 5.88. The molecule has 4 rings (SSSR count). The summed E-state index contributed by atoms with van der Waals surface area (Å²) in [6.07, 6.45) is 4.12. The maximum Gasteiger partial charge on any atom is 0.247 e. The molecule has 2 saturated heterocycles. The van der Waals surface area contributed by atoms with Gasteiger partial charge in [-0.2, -0.15) is 0 Å². The van der Waals surface area contributed by atoms with E-state index < -0.39 is 24.4 Å². The van der Waals surface area contributed by atoms with E-state index >= 15 is 0 Å². The fourth-order valence-electron chi connectivity index (χ4n) is 4.85. The summed E-state index contributed by atoms with van der Waals surface area (Å²) in [5, 5.41) is 8.89. The average molecular weight is 429 g/mol. The van der Waals surface area contributed by atoms with Crippen LogP contribution in [-0.2, 0) is 25.5 Å². The van der Waals surface area contributed by atoms with Gasteiger partial charge in [0.25, 0.3) is 0 Å². The second-order valence-electron chi connectivity index (χ2n) is 8.68. The number of aryl methyl sites for hydroxylation is 1. The molecule has 2 heterocycles. The molecule has 168 valence electrons. The highest BCUT2D eigenvalue weighted by Gasteiger charge is 2.46. The van der Waals surface area contributed by atoms with Crippen molar-refractivity contribution >= 4 is 17.7 Å². The highest BCUT2D eigenvalue weighted by molar-refractivity contribution is 5.93. The van der Waals surface area contributed by atoms with Crippen molar-refractivity contribution in [1.29, 1.82) is 0 Å². The Morgan fingerprint density at radius 1 is 1.10 bits per heavy atom. The number of benzene rings is 1. The summed E-state index contributed by atoms with van der Waals surface area (Å²) in [6.45, 7) is 2.11. The lowest BCUT2D eigenvalue weighted by Gasteiger charge is -2.32. The van der Waals surface area contributed by atoms with E-state index in [0.29, 0.717) is 25.9 Å². The Hall–Kier alpha value is -2.45. The van der Waals surface area contributed by atoms with Gasteiger partial charge in [-0.15, -0.1) is 0 Å². The molecular weight excluding hydrogens is 396 g/mol. The average Bonchev–Trinajstić information content (AvgIpc) is 3.15. The van der Waals surface area contributed by atoms with Gasteiger partial charge in [0, 0.05) is 6.42 Å². The molecule has 0 saturated carbocycles. The lowest BCUT2D eigenvalue weighted by Crippen LogP contribution is -2.56. The summed E-state index contributed by atoms with van der Waals surface area (Å²) >= 11 is 0. The molecule has 2 aliphatic heterocycles. The van der Waals surface area contributed by atoms with E-state index in [4.69, 9.17) is 4.74 Å². The smallest absolute Gasteiger partial charge is 0.247 e. The Morgan fingerprint density at radius 3 is 2.71 bits per heavy atom. The first kappa shape index (κ1) is 21.8. The van der Waals surface area contributed by atoms with Crippen LogP contribution in [0.5, 0.6) is 0 Å². The van der Waals surface area contributed by atoms with Crippen LogP contribution in [0.25, 0.3) is 0 Å². The first-order chi connectivity index (χ1) is 15.0. The van der Waals surface area contributed by atoms with Gasteiger partial charge in [0.2, 0.25) is 17.7 Å². The van der Waals surface area contributed by atoms with Gasteiger partial charge in [-0.05, 0) is 57.2 Å². The zero-order valence-corrected chi connectivity index (χ0v) is 18.2. The molecule has 0 aromatic heterocycles. The van der Waals surface area contributed by atoms with E-state index in [1.54, 1.807) is 18.9 Å². The van der Waals surface area contributed by atoms with Crippen LogP contribution in [0.4, 0.5) is 0 Å². The SMILES string of the molecule is CNC(C)C(=O)N[C@H]1CCO[C@H]2CC[C@@H](C(=O)N[C@@H]3CCCc4ccccc43)N2C1=O. The van der Waals surface area contributed by atoms with Crippen LogP contribution in [0.3, 0.4) is 0 Å². The lowest BCUT2D eigenvalue weighted by molar-refractivity contribution is -0.149. The minimum Gasteiger partial charge on any atom is -0.358 e. The molecule has 0 radical (unpaired) electrons. The van der Waals surface area contributed by atoms with Crippen LogP contribution in [0.2, 0.25) is 0 Å². The number of amides is 3. The minimum atomic E-state index is -0.683. The molecule has 5 atom stereocenters. The number of rotatable bonds is 5. The van der Waals surface area contributed by atoms with E-state index in [9.17, 15) is 14.4 Å². The molecule has 1 unspecified atom stereocenters. The van der Waals surface area contributed by atoms with Crippen LogP contribution in [0.1, 0.15) is 56.2 Å². The van der Waals surface area contributed by atoms with Gasteiger partial charge in [0.05, 0.1) is 18.7 Å². The number of likely N-dealkylation sites (N-methyl/N-ethyl adjacent to an activating group) is 1. The zero-order chi connectivity index (χ0) is 22.0. The van der Waals surface area contributed by atoms with Crippen LogP contribution in [0, 0.1) is 0 Å². The van der Waals surface area contributed by atoms with Crippen molar-refractivity contribution in [3.8, 4) is 0 Å². The third kappa shape index (κ3) is 4.45. The molecule has 0 spiro atoms. The normalized spacial score (nSPS) is 28.8. The Kier molecular flexibility index (Phi) is 6.57. The van der Waals surface area contributed by atoms with Crippen LogP contribution in [0.15, 0.2) is 24.3 Å². The largest absolute Gasteiger partial charge is 0.358 e. The molecule has 31 heavy (non-hydrogen) atoms. The molecule has 8 heteroatoms. The first-order valence-electron chi connectivity index (χ1n) is 11.3. The number of fused-ring (bicyclic) bond motifs is 2. The Labute approximate surface area is 183 Å². The topological polar surface area (TPSA) is 99.8 Å². The quantitative estimate of drug-likeness (QED) is 0.650. The Bertz CT molecular complexity index is 845. The first-order valence-corrected chi connectivity index (χ1v) is 11.3. The maximum absolute atomic E-state index is 13.3. The number of hydrogen-bond donors (Lipinski definition) is 3. The molecule has 1 aromatic rings. The van der Waals surface area contributed by atoms with Crippen LogP contribution < -0.4 is 16.0 Å². The maximum atomic E-state index is 13.3. The summed E-state index contributed by atoms with van der Waals surface area (Å²) in [6, 6.07) is 6.52. The van der Waals surface area contributed by atoms with Crippen molar-refractivity contribution in [2.45, 2.75) is 75.8 Å². The minimum absolute atomic E-state index is 0.0357. The number of carbonyl (C=O) groups is 3. The van der Waals surface area contributed by atoms with E-state index in [0.717, 1.165) is 19.3 Å². The number of nitrogens with one attached hydrogen (secondary N) is 3. The molecule has 1 aromatic carbocycles. The molecule has 3 N–H and O–H groups in total. The molecule has 2 fully saturated rings. The summed E-state index contributed by atoms with van der Waals surface area (Å²) in [5.74, 6) is -0.615. The predicted octanol–water partition coefficient (Wildman–Crippen LogP) is 1.01. The van der Waals surface area contributed by atoms with Gasteiger partial charge >= 0.3 is 0 Å². The van der Waals surface area contributed by atoms with Crippen LogP contribution in [-0.4, -0.2) is 60.6 Å². The van der Waals surface area contributed by atoms with Crippen molar-refractivity contribution in [2.24, 2.45) is 0 Å². The van der Waals surface area contributed by atoms with Crippen molar-refractivity contribution in [2.75, 3.05) is 13.7 Å². The summed E-state index contributed by atoms with van der Waals surface area (Å²) in [7, 11) is 1.70. The molecule has 3 amide bonds. The number of nitrogens with zero attached hydrogens (tertiary/aromatic N) is 1. The number of ether oxygens (including phenoxy) is 1. The number of carbonyl (C=O) groups excluding carboxylic acids is 3. The van der Waals surface area contributed by atoms with Crippen molar-refractivity contribution in [1.82, 2.24) is 20.9 Å². The third-order valence-electron chi connectivity index (χ3n) is 6.73. The van der Waals surface area contributed by atoms with Gasteiger partial charge in [0.1, 0.15) is 18.3 Å². The van der Waals surface area contributed by atoms with Crippen molar-refractivity contribution in [3.63, 3.8) is 0 Å². The van der Waals surface area contributed by atoms with Crippen LogP contribution >= 0.6 is 0 Å². The van der Waals surface area contributed by atoms with E-state index in [2.05, 4.69) is 28.1 Å². The standard InChI is InChI=1S/C23H32N4O4/c1-14(24-2)21(28)26-18-12-13-31-20-11-10-19(27(20)23(18)30)22(29)25-17-9-5-7-15-6-3-4-8-16(15)17/h3-4,6,8,14,17-20,24H,5,7,9-13H2,1-2H3,(H,25,29)(H,26,28)/t14?,17-,18+,19+,20+/m1/s1. The number of hydrogen-bond acceptors (Lipinski definition) is 5. The molecule has 0 bridgehead atoms. The predicted molar refractivity (Wildman–Crippen MR) is 115 cm³/mol. The highest BCUT2D eigenvalue weighted by atomic mass is 16.5. The van der Waals surface area contributed by atoms with Gasteiger partial charge < -0.3 is 25.6 Å². The molecule has 8 nitrogen and oxygen atoms in total. The summed E-state index contributed by atoms with van der Waals surface area (Å²) in [5.41, 5.74) is 2.44. The molecule has 3 aliphatic rings. The van der Waals surface area contributed by atoms with E-state index in [1.807, 2.05) is 12.1 Å². The van der Waals surface area contributed by atoms with Crippen molar-refractivity contribution in [3.05, 3.63) is 35.4 Å². The van der Waals surface area contributed by atoms with Crippen molar-refractivity contribution < 1.29 is 19.1 Å². The van der Waals surface area contributed by atoms with E-state index in [1.165, 1.54) is 11.1 Å². The Balaban J connectivity index is 1.47. The van der Waals surface area contributed by atoms with Gasteiger partial charge in [-0.1, -0.05) is 24.3 Å². The summed E-state index contributed by atoms with van der Waals surface area (Å²) in [4.78, 5) is 40.5. The lowest BCUT2D eigenvalue weighted by atomic mass is 9.87. The second-order valence-corrected chi connectivity index (χ2v) is 8.68. The van der Waals surface area contributed by atoms with Gasteiger partial charge in [-0.25, -0.2) is 0 Å². The monoisotopic (exact) mass is 428 g/mol. The Morgan fingerprint density at radius 2 is 1.90 bits per heavy atom. The zero-order valence-electron chi connectivity index (χ0n) is 18.2. The van der Waals surface area contributed by atoms with Gasteiger partial charge in [-0.3, -0.25) is 14.4 Å². The van der Waals surface area contributed by atoms with Gasteiger partial charge in [0.15, 0.2) is 0 Å². The second kappa shape index (κ2) is 9.36.